The fourth-order valence-electron chi connectivity index (χ4n) is 3.89. The van der Waals surface area contributed by atoms with E-state index in [2.05, 4.69) is 78.8 Å². The molecule has 0 aliphatic carbocycles. The van der Waals surface area contributed by atoms with Crippen LogP contribution in [0.25, 0.3) is 0 Å². The van der Waals surface area contributed by atoms with E-state index in [4.69, 9.17) is 4.74 Å². The van der Waals surface area contributed by atoms with Crippen molar-refractivity contribution in [1.29, 1.82) is 0 Å². The van der Waals surface area contributed by atoms with Crippen LogP contribution in [0.3, 0.4) is 0 Å². The van der Waals surface area contributed by atoms with Crippen molar-refractivity contribution in [3.8, 4) is 0 Å². The van der Waals surface area contributed by atoms with Crippen LogP contribution in [0.5, 0.6) is 0 Å². The van der Waals surface area contributed by atoms with Gasteiger partial charge in [0.2, 0.25) is 0 Å². The summed E-state index contributed by atoms with van der Waals surface area (Å²) in [7, 11) is 0. The second-order valence-electron chi connectivity index (χ2n) is 8.14. The number of quaternary nitrogens is 1. The minimum absolute atomic E-state index is 0. The average Bonchev–Trinajstić information content (AvgIpc) is 2.46. The van der Waals surface area contributed by atoms with Gasteiger partial charge in [-0.25, -0.2) is 0 Å². The van der Waals surface area contributed by atoms with E-state index in [9.17, 15) is 0 Å². The number of halogens is 1. The smallest absolute Gasteiger partial charge is 0.119 e. The topological polar surface area (TPSA) is 9.23 Å². The molecule has 0 spiro atoms. The Morgan fingerprint density at radius 3 is 1.88 bits per heavy atom. The highest BCUT2D eigenvalue weighted by atomic mass is 35.5. The summed E-state index contributed by atoms with van der Waals surface area (Å²) in [6.45, 7) is 21.4. The third kappa shape index (κ3) is 6.06. The van der Waals surface area contributed by atoms with Gasteiger partial charge < -0.3 is 21.6 Å². The van der Waals surface area contributed by atoms with Crippen molar-refractivity contribution >= 4 is 0 Å². The van der Waals surface area contributed by atoms with E-state index < -0.39 is 0 Å². The molecule has 0 aliphatic rings. The van der Waals surface area contributed by atoms with Gasteiger partial charge in [-0.15, -0.1) is 0 Å². The van der Waals surface area contributed by atoms with Crippen molar-refractivity contribution in [3.63, 3.8) is 0 Å². The van der Waals surface area contributed by atoms with E-state index >= 15 is 0 Å². The maximum Gasteiger partial charge on any atom is 0.119 e. The van der Waals surface area contributed by atoms with Crippen molar-refractivity contribution in [3.05, 3.63) is 35.9 Å². The van der Waals surface area contributed by atoms with Crippen molar-refractivity contribution in [2.75, 3.05) is 32.8 Å². The van der Waals surface area contributed by atoms with Crippen LogP contribution < -0.4 is 12.4 Å². The van der Waals surface area contributed by atoms with Crippen molar-refractivity contribution < 1.29 is 21.6 Å². The molecule has 0 radical (unpaired) electrons. The van der Waals surface area contributed by atoms with Crippen molar-refractivity contribution in [2.45, 2.75) is 54.0 Å². The summed E-state index contributed by atoms with van der Waals surface area (Å²) in [5.41, 5.74) is 1.50. The first-order valence-electron chi connectivity index (χ1n) is 9.24. The Hall–Kier alpha value is -0.570. The molecule has 0 N–H and O–H groups in total. The molecule has 0 aromatic heterocycles. The van der Waals surface area contributed by atoms with Crippen LogP contribution in [0.2, 0.25) is 0 Å². The SMILES string of the molecule is CCOCC[N+](CC(C)C)(CC(C)C)C(C)(C)c1ccccc1.[Cl-]. The summed E-state index contributed by atoms with van der Waals surface area (Å²) in [5.74, 6) is 1.33. The third-order valence-corrected chi connectivity index (χ3v) is 4.96. The minimum atomic E-state index is 0. The standard InChI is InChI=1S/C21H38NO.ClH/c1-8-23-15-14-22(16-18(2)3,17-19(4)5)21(6,7)20-12-10-9-11-13-20;/h9-13,18-19H,8,14-17H2,1-7H3;1H/q+1;/p-1. The normalized spacial score (nSPS) is 12.5. The van der Waals surface area contributed by atoms with Crippen LogP contribution in [0.1, 0.15) is 54.0 Å². The molecule has 140 valence electrons. The molecule has 0 amide bonds. The first kappa shape index (κ1) is 23.4. The minimum Gasteiger partial charge on any atom is -1.00 e. The summed E-state index contributed by atoms with van der Waals surface area (Å²) in [6, 6.07) is 11.0. The molecule has 0 fully saturated rings. The van der Waals surface area contributed by atoms with Gasteiger partial charge >= 0.3 is 0 Å². The lowest BCUT2D eigenvalue weighted by molar-refractivity contribution is -0.985. The van der Waals surface area contributed by atoms with Gasteiger partial charge in [0.05, 0.1) is 19.7 Å². The zero-order valence-corrected chi connectivity index (χ0v) is 17.6. The number of ether oxygens (including phenoxy) is 1. The van der Waals surface area contributed by atoms with Gasteiger partial charge in [-0.3, -0.25) is 0 Å². The Balaban J connectivity index is 0.00000529. The highest BCUT2D eigenvalue weighted by molar-refractivity contribution is 5.21. The van der Waals surface area contributed by atoms with Crippen LogP contribution in [-0.4, -0.2) is 37.3 Å². The summed E-state index contributed by atoms with van der Waals surface area (Å²) >= 11 is 0. The highest BCUT2D eigenvalue weighted by Gasteiger charge is 2.45. The van der Waals surface area contributed by atoms with E-state index in [0.717, 1.165) is 24.2 Å². The predicted molar refractivity (Wildman–Crippen MR) is 100 cm³/mol. The lowest BCUT2D eigenvalue weighted by Gasteiger charge is -2.52. The highest BCUT2D eigenvalue weighted by Crippen LogP contribution is 2.37. The van der Waals surface area contributed by atoms with E-state index in [1.165, 1.54) is 18.7 Å². The van der Waals surface area contributed by atoms with Gasteiger partial charge in [0.15, 0.2) is 0 Å². The monoisotopic (exact) mass is 355 g/mol. The largest absolute Gasteiger partial charge is 1.00 e. The molecule has 1 aromatic carbocycles. The number of hydrogen-bond acceptors (Lipinski definition) is 1. The van der Waals surface area contributed by atoms with Gasteiger partial charge in [-0.1, -0.05) is 58.0 Å². The van der Waals surface area contributed by atoms with E-state index in [1.807, 2.05) is 0 Å². The third-order valence-electron chi connectivity index (χ3n) is 4.96. The molecule has 0 saturated carbocycles. The fourth-order valence-corrected chi connectivity index (χ4v) is 3.89. The molecular formula is C21H38ClNO. The molecule has 24 heavy (non-hydrogen) atoms. The van der Waals surface area contributed by atoms with Crippen LogP contribution in [0, 0.1) is 11.8 Å². The predicted octanol–water partition coefficient (Wildman–Crippen LogP) is 2.09. The van der Waals surface area contributed by atoms with E-state index in [1.54, 1.807) is 0 Å². The molecule has 3 heteroatoms. The molecule has 0 unspecified atom stereocenters. The average molecular weight is 356 g/mol. The molecule has 1 rings (SSSR count). The number of hydrogen-bond donors (Lipinski definition) is 0. The summed E-state index contributed by atoms with van der Waals surface area (Å²) in [4.78, 5) is 0. The fraction of sp³-hybridized carbons (Fsp3) is 0.714. The molecular weight excluding hydrogens is 318 g/mol. The van der Waals surface area contributed by atoms with Gasteiger partial charge in [0.25, 0.3) is 0 Å². The quantitative estimate of drug-likeness (QED) is 0.461. The Bertz CT molecular complexity index is 432. The zero-order chi connectivity index (χ0) is 17.5. The Labute approximate surface area is 156 Å². The summed E-state index contributed by atoms with van der Waals surface area (Å²) in [6.07, 6.45) is 0. The van der Waals surface area contributed by atoms with Gasteiger partial charge in [0.1, 0.15) is 12.1 Å². The maximum atomic E-state index is 5.77. The van der Waals surface area contributed by atoms with Crippen LogP contribution >= 0.6 is 0 Å². The number of nitrogens with zero attached hydrogens (tertiary/aromatic N) is 1. The van der Waals surface area contributed by atoms with E-state index in [-0.39, 0.29) is 17.9 Å². The Kier molecular flexibility index (Phi) is 10.2. The van der Waals surface area contributed by atoms with Gasteiger partial charge in [0, 0.05) is 24.0 Å². The van der Waals surface area contributed by atoms with Crippen LogP contribution in [0.4, 0.5) is 0 Å². The van der Waals surface area contributed by atoms with E-state index in [0.29, 0.717) is 11.8 Å². The molecule has 1 aromatic rings. The summed E-state index contributed by atoms with van der Waals surface area (Å²) in [5, 5.41) is 0. The van der Waals surface area contributed by atoms with Crippen LogP contribution in [-0.2, 0) is 10.3 Å². The van der Waals surface area contributed by atoms with Crippen molar-refractivity contribution in [2.24, 2.45) is 11.8 Å². The molecule has 2 nitrogen and oxygen atoms in total. The maximum absolute atomic E-state index is 5.77. The second-order valence-corrected chi connectivity index (χ2v) is 8.14. The van der Waals surface area contributed by atoms with Crippen molar-refractivity contribution in [1.82, 2.24) is 0 Å². The first-order valence-corrected chi connectivity index (χ1v) is 9.24. The van der Waals surface area contributed by atoms with Crippen LogP contribution in [0.15, 0.2) is 30.3 Å². The Morgan fingerprint density at radius 1 is 0.958 bits per heavy atom. The lowest BCUT2D eigenvalue weighted by Crippen LogP contribution is -3.00. The first-order chi connectivity index (χ1) is 10.7. The lowest BCUT2D eigenvalue weighted by atomic mass is 9.86. The molecule has 0 atom stereocenters. The Morgan fingerprint density at radius 2 is 1.46 bits per heavy atom. The van der Waals surface area contributed by atoms with Gasteiger partial charge in [-0.05, 0) is 20.8 Å². The number of rotatable bonds is 10. The molecule has 0 bridgehead atoms. The molecule has 0 heterocycles. The second kappa shape index (κ2) is 10.4. The summed E-state index contributed by atoms with van der Waals surface area (Å²) < 4.78 is 6.86. The number of benzene rings is 1. The zero-order valence-electron chi connectivity index (χ0n) is 16.8. The molecule has 0 saturated heterocycles. The molecule has 0 aliphatic heterocycles. The van der Waals surface area contributed by atoms with Gasteiger partial charge in [-0.2, -0.15) is 0 Å².